The van der Waals surface area contributed by atoms with Crippen molar-refractivity contribution in [3.05, 3.63) is 18.2 Å². The average Bonchev–Trinajstić information content (AvgIpc) is 2.14. The Balaban J connectivity index is 0.000000490. The zero-order valence-electron chi connectivity index (χ0n) is 4.10. The number of aromatic amines is 1. The molecule has 1 aromatic heterocycles. The first-order valence-electron chi connectivity index (χ1n) is 1.97. The number of hydrogen-bond donors (Lipinski definition) is 1. The molecule has 4 heteroatoms. The minimum atomic E-state index is 0. The Hall–Kier alpha value is 0.170. The van der Waals surface area contributed by atoms with Crippen LogP contribution in [0, 0.1) is 0 Å². The van der Waals surface area contributed by atoms with Crippen LogP contribution < -0.4 is 0 Å². The number of aromatic nitrogens is 2. The van der Waals surface area contributed by atoms with Crippen molar-refractivity contribution in [2.45, 2.75) is 5.33 Å². The third kappa shape index (κ3) is 1.96. The molecule has 1 rings (SSSR count). The average molecular weight is 242 g/mol. The predicted molar refractivity (Wildman–Crippen MR) is 41.5 cm³/mol. The van der Waals surface area contributed by atoms with E-state index in [0.717, 1.165) is 11.2 Å². The lowest BCUT2D eigenvalue weighted by Gasteiger charge is -1.77. The maximum atomic E-state index is 3.93. The number of nitrogens with zero attached hydrogens (tertiary/aromatic N) is 1. The number of nitrogens with one attached hydrogen (secondary N) is 1. The van der Waals surface area contributed by atoms with E-state index in [-0.39, 0.29) is 17.0 Å². The van der Waals surface area contributed by atoms with Crippen LogP contribution in [0.5, 0.6) is 0 Å². The van der Waals surface area contributed by atoms with E-state index < -0.39 is 0 Å². The van der Waals surface area contributed by atoms with Crippen molar-refractivity contribution in [2.24, 2.45) is 0 Å². The second-order valence-corrected chi connectivity index (χ2v) is 1.73. The molecule has 0 aliphatic carbocycles. The fraction of sp³-hybridized carbons (Fsp3) is 0.250. The Labute approximate surface area is 66.6 Å². The Morgan fingerprint density at radius 2 is 2.50 bits per heavy atom. The molecule has 8 heavy (non-hydrogen) atoms. The van der Waals surface area contributed by atoms with Crippen molar-refractivity contribution < 1.29 is 0 Å². The van der Waals surface area contributed by atoms with Gasteiger partial charge in [0.2, 0.25) is 0 Å². The van der Waals surface area contributed by atoms with Crippen LogP contribution in [0.15, 0.2) is 12.4 Å². The van der Waals surface area contributed by atoms with E-state index in [1.165, 1.54) is 0 Å². The maximum Gasteiger partial charge on any atom is 0.116 e. The summed E-state index contributed by atoms with van der Waals surface area (Å²) in [6.07, 6.45) is 3.53. The molecular formula is C4H6Br2N2. The van der Waals surface area contributed by atoms with Crippen molar-refractivity contribution in [3.63, 3.8) is 0 Å². The van der Waals surface area contributed by atoms with Gasteiger partial charge in [-0.25, -0.2) is 4.98 Å². The Morgan fingerprint density at radius 1 is 1.75 bits per heavy atom. The topological polar surface area (TPSA) is 28.7 Å². The van der Waals surface area contributed by atoms with E-state index in [1.807, 2.05) is 0 Å². The van der Waals surface area contributed by atoms with E-state index in [4.69, 9.17) is 0 Å². The SMILES string of the molecule is Br.BrCc1ncc[nH]1. The van der Waals surface area contributed by atoms with Gasteiger partial charge >= 0.3 is 0 Å². The Kier molecular flexibility index (Phi) is 4.18. The smallest absolute Gasteiger partial charge is 0.116 e. The number of alkyl halides is 1. The first-order chi connectivity index (χ1) is 3.43. The molecule has 0 unspecified atom stereocenters. The normalized spacial score (nSPS) is 8.12. The molecular weight excluding hydrogens is 236 g/mol. The molecule has 0 spiro atoms. The molecule has 2 nitrogen and oxygen atoms in total. The van der Waals surface area contributed by atoms with Crippen LogP contribution in [0.25, 0.3) is 0 Å². The summed E-state index contributed by atoms with van der Waals surface area (Å²) < 4.78 is 0. The molecule has 0 saturated carbocycles. The minimum absolute atomic E-state index is 0. The van der Waals surface area contributed by atoms with Crippen molar-refractivity contribution in [1.82, 2.24) is 9.97 Å². The van der Waals surface area contributed by atoms with Crippen LogP contribution in [0.4, 0.5) is 0 Å². The van der Waals surface area contributed by atoms with E-state index in [1.54, 1.807) is 12.4 Å². The lowest BCUT2D eigenvalue weighted by Crippen LogP contribution is -1.75. The van der Waals surface area contributed by atoms with Gasteiger partial charge in [0.15, 0.2) is 0 Å². The highest BCUT2D eigenvalue weighted by molar-refractivity contribution is 9.08. The number of imidazole rings is 1. The zero-order chi connectivity index (χ0) is 5.11. The van der Waals surface area contributed by atoms with Crippen molar-refractivity contribution in [3.8, 4) is 0 Å². The quantitative estimate of drug-likeness (QED) is 0.748. The van der Waals surface area contributed by atoms with Gasteiger partial charge in [-0.05, 0) is 0 Å². The third-order valence-electron chi connectivity index (χ3n) is 0.681. The molecule has 0 saturated heterocycles. The lowest BCUT2D eigenvalue weighted by molar-refractivity contribution is 1.13. The van der Waals surface area contributed by atoms with Crippen LogP contribution in [0.3, 0.4) is 0 Å². The highest BCUT2D eigenvalue weighted by Gasteiger charge is 1.84. The van der Waals surface area contributed by atoms with Gasteiger partial charge in [-0.15, -0.1) is 17.0 Å². The standard InChI is InChI=1S/C4H5BrN2.BrH/c5-3-4-6-1-2-7-4;/h1-2H,3H2,(H,6,7);1H. The van der Waals surface area contributed by atoms with Gasteiger partial charge in [-0.1, -0.05) is 15.9 Å². The van der Waals surface area contributed by atoms with Crippen LogP contribution >= 0.6 is 32.9 Å². The fourth-order valence-electron chi connectivity index (χ4n) is 0.371. The molecule has 1 aromatic rings. The van der Waals surface area contributed by atoms with Gasteiger partial charge in [0.1, 0.15) is 5.82 Å². The Bertz CT molecular complexity index is 127. The molecule has 0 aliphatic rings. The number of hydrogen-bond acceptors (Lipinski definition) is 1. The van der Waals surface area contributed by atoms with Gasteiger partial charge < -0.3 is 4.98 Å². The molecule has 1 heterocycles. The first-order valence-corrected chi connectivity index (χ1v) is 3.10. The monoisotopic (exact) mass is 240 g/mol. The predicted octanol–water partition coefficient (Wildman–Crippen LogP) is 1.88. The first kappa shape index (κ1) is 8.17. The van der Waals surface area contributed by atoms with Crippen LogP contribution in [-0.4, -0.2) is 9.97 Å². The molecule has 0 bridgehead atoms. The molecule has 46 valence electrons. The molecule has 0 aromatic carbocycles. The molecule has 0 aliphatic heterocycles. The highest BCUT2D eigenvalue weighted by Crippen LogP contribution is 1.94. The Morgan fingerprint density at radius 3 is 2.75 bits per heavy atom. The van der Waals surface area contributed by atoms with E-state index in [2.05, 4.69) is 25.9 Å². The summed E-state index contributed by atoms with van der Waals surface area (Å²) in [6.45, 7) is 0. The van der Waals surface area contributed by atoms with Crippen LogP contribution in [0.2, 0.25) is 0 Å². The summed E-state index contributed by atoms with van der Waals surface area (Å²) in [5, 5.41) is 0.806. The van der Waals surface area contributed by atoms with Gasteiger partial charge in [0.25, 0.3) is 0 Å². The summed E-state index contributed by atoms with van der Waals surface area (Å²) in [5.41, 5.74) is 0. The number of H-pyrrole nitrogens is 1. The third-order valence-corrected chi connectivity index (χ3v) is 1.21. The molecule has 0 amide bonds. The minimum Gasteiger partial charge on any atom is -0.348 e. The lowest BCUT2D eigenvalue weighted by atomic mass is 10.8. The van der Waals surface area contributed by atoms with Gasteiger partial charge in [-0.2, -0.15) is 0 Å². The van der Waals surface area contributed by atoms with Crippen molar-refractivity contribution in [2.75, 3.05) is 0 Å². The molecule has 0 atom stereocenters. The maximum absolute atomic E-state index is 3.93. The highest BCUT2D eigenvalue weighted by atomic mass is 79.9. The van der Waals surface area contributed by atoms with Gasteiger partial charge in [0, 0.05) is 12.4 Å². The van der Waals surface area contributed by atoms with E-state index in [0.29, 0.717) is 0 Å². The molecule has 1 N–H and O–H groups in total. The van der Waals surface area contributed by atoms with Crippen LogP contribution in [-0.2, 0) is 5.33 Å². The van der Waals surface area contributed by atoms with Gasteiger partial charge in [-0.3, -0.25) is 0 Å². The summed E-state index contributed by atoms with van der Waals surface area (Å²) in [6, 6.07) is 0. The summed E-state index contributed by atoms with van der Waals surface area (Å²) in [4.78, 5) is 6.86. The largest absolute Gasteiger partial charge is 0.348 e. The van der Waals surface area contributed by atoms with E-state index in [9.17, 15) is 0 Å². The number of rotatable bonds is 1. The molecule has 0 radical (unpaired) electrons. The molecule has 0 fully saturated rings. The van der Waals surface area contributed by atoms with Crippen LogP contribution in [0.1, 0.15) is 5.82 Å². The summed E-state index contributed by atoms with van der Waals surface area (Å²) >= 11 is 3.24. The zero-order valence-corrected chi connectivity index (χ0v) is 7.39. The summed E-state index contributed by atoms with van der Waals surface area (Å²) in [7, 11) is 0. The number of halogens is 2. The van der Waals surface area contributed by atoms with Gasteiger partial charge in [0.05, 0.1) is 5.33 Å². The second-order valence-electron chi connectivity index (χ2n) is 1.17. The van der Waals surface area contributed by atoms with E-state index >= 15 is 0 Å². The second kappa shape index (κ2) is 4.09. The van der Waals surface area contributed by atoms with Crippen molar-refractivity contribution >= 4 is 32.9 Å². The van der Waals surface area contributed by atoms with Crippen molar-refractivity contribution in [1.29, 1.82) is 0 Å². The summed E-state index contributed by atoms with van der Waals surface area (Å²) in [5.74, 6) is 0.972. The fourth-order valence-corrected chi connectivity index (χ4v) is 0.678.